The number of methoxy groups -OCH3 is 3. The quantitative estimate of drug-likeness (QED) is 0.810. The van der Waals surface area contributed by atoms with Gasteiger partial charge in [0.1, 0.15) is 12.4 Å². The molecule has 2 rings (SSSR count). The van der Waals surface area contributed by atoms with Crippen LogP contribution in [0.15, 0.2) is 42.5 Å². The number of ether oxygens (including phenoxy) is 4. The van der Waals surface area contributed by atoms with Gasteiger partial charge in [0, 0.05) is 12.1 Å². The Morgan fingerprint density at radius 3 is 2.10 bits per heavy atom. The summed E-state index contributed by atoms with van der Waals surface area (Å²) < 4.78 is 21.7. The Morgan fingerprint density at radius 1 is 0.800 bits per heavy atom. The van der Waals surface area contributed by atoms with E-state index < -0.39 is 0 Å². The first-order valence-corrected chi connectivity index (χ1v) is 6.25. The zero-order chi connectivity index (χ0) is 14.4. The number of benzene rings is 2. The van der Waals surface area contributed by atoms with Crippen LogP contribution < -0.4 is 18.9 Å². The van der Waals surface area contributed by atoms with E-state index in [1.807, 2.05) is 30.3 Å². The van der Waals surface area contributed by atoms with Gasteiger partial charge in [-0.1, -0.05) is 30.3 Å². The Morgan fingerprint density at radius 2 is 1.50 bits per heavy atom. The van der Waals surface area contributed by atoms with E-state index in [9.17, 15) is 0 Å². The molecule has 4 nitrogen and oxygen atoms in total. The molecule has 0 N–H and O–H groups in total. The maximum Gasteiger partial charge on any atom is 0.203 e. The molecule has 0 spiro atoms. The summed E-state index contributed by atoms with van der Waals surface area (Å²) in [5.41, 5.74) is 1.08. The summed E-state index contributed by atoms with van der Waals surface area (Å²) in [4.78, 5) is 0. The van der Waals surface area contributed by atoms with Crippen molar-refractivity contribution in [1.29, 1.82) is 0 Å². The summed E-state index contributed by atoms with van der Waals surface area (Å²) in [6, 6.07) is 13.5. The summed E-state index contributed by atoms with van der Waals surface area (Å²) in [5.74, 6) is 2.39. The minimum Gasteiger partial charge on any atom is -0.496 e. The zero-order valence-electron chi connectivity index (χ0n) is 11.9. The van der Waals surface area contributed by atoms with E-state index in [1.165, 1.54) is 0 Å². The standard InChI is InChI=1S/C16H18O4/c1-17-13-9-14(18-2)16(19-3)15(10-13)20-11-12-7-5-4-6-8-12/h4-10H,11H2,1-3H3. The van der Waals surface area contributed by atoms with E-state index in [4.69, 9.17) is 18.9 Å². The lowest BCUT2D eigenvalue weighted by atomic mass is 10.2. The van der Waals surface area contributed by atoms with Crippen LogP contribution in [0.1, 0.15) is 5.56 Å². The molecule has 0 radical (unpaired) electrons. The molecule has 0 unspecified atom stereocenters. The largest absolute Gasteiger partial charge is 0.496 e. The molecule has 0 fully saturated rings. The fraction of sp³-hybridized carbons (Fsp3) is 0.250. The van der Waals surface area contributed by atoms with Crippen LogP contribution in [0.3, 0.4) is 0 Å². The van der Waals surface area contributed by atoms with Crippen LogP contribution in [0.4, 0.5) is 0 Å². The van der Waals surface area contributed by atoms with Crippen molar-refractivity contribution in [1.82, 2.24) is 0 Å². The molecule has 0 aliphatic rings. The van der Waals surface area contributed by atoms with Crippen molar-refractivity contribution in [2.75, 3.05) is 21.3 Å². The lowest BCUT2D eigenvalue weighted by Crippen LogP contribution is -2.00. The molecule has 0 heterocycles. The molecule has 0 bridgehead atoms. The third-order valence-corrected chi connectivity index (χ3v) is 2.89. The first-order chi connectivity index (χ1) is 9.78. The predicted molar refractivity (Wildman–Crippen MR) is 76.9 cm³/mol. The van der Waals surface area contributed by atoms with Crippen molar-refractivity contribution in [3.05, 3.63) is 48.0 Å². The van der Waals surface area contributed by atoms with E-state index >= 15 is 0 Å². The second kappa shape index (κ2) is 6.70. The third-order valence-electron chi connectivity index (χ3n) is 2.89. The van der Waals surface area contributed by atoms with Gasteiger partial charge in [-0.2, -0.15) is 0 Å². The number of hydrogen-bond acceptors (Lipinski definition) is 4. The highest BCUT2D eigenvalue weighted by Crippen LogP contribution is 2.41. The van der Waals surface area contributed by atoms with E-state index in [1.54, 1.807) is 33.5 Å². The van der Waals surface area contributed by atoms with E-state index in [0.29, 0.717) is 29.6 Å². The maximum absolute atomic E-state index is 5.81. The van der Waals surface area contributed by atoms with Crippen LogP contribution in [-0.2, 0) is 6.61 Å². The van der Waals surface area contributed by atoms with E-state index in [-0.39, 0.29) is 0 Å². The van der Waals surface area contributed by atoms with Crippen LogP contribution in [0.5, 0.6) is 23.0 Å². The van der Waals surface area contributed by atoms with Gasteiger partial charge < -0.3 is 18.9 Å². The summed E-state index contributed by atoms with van der Waals surface area (Å²) in [6.07, 6.45) is 0. The monoisotopic (exact) mass is 274 g/mol. The van der Waals surface area contributed by atoms with Crippen molar-refractivity contribution in [2.24, 2.45) is 0 Å². The molecular weight excluding hydrogens is 256 g/mol. The third kappa shape index (κ3) is 3.15. The molecule has 0 aromatic heterocycles. The molecule has 2 aromatic carbocycles. The van der Waals surface area contributed by atoms with Crippen LogP contribution in [0.25, 0.3) is 0 Å². The Bertz CT molecular complexity index is 552. The zero-order valence-corrected chi connectivity index (χ0v) is 11.9. The molecule has 4 heteroatoms. The Labute approximate surface area is 118 Å². The highest BCUT2D eigenvalue weighted by atomic mass is 16.5. The fourth-order valence-corrected chi connectivity index (χ4v) is 1.87. The number of rotatable bonds is 6. The van der Waals surface area contributed by atoms with Gasteiger partial charge in [0.15, 0.2) is 11.5 Å². The summed E-state index contributed by atoms with van der Waals surface area (Å²) in [6.45, 7) is 0.452. The second-order valence-electron chi connectivity index (χ2n) is 4.14. The lowest BCUT2D eigenvalue weighted by molar-refractivity contribution is 0.272. The van der Waals surface area contributed by atoms with Gasteiger partial charge in [-0.3, -0.25) is 0 Å². The van der Waals surface area contributed by atoms with Crippen molar-refractivity contribution in [3.8, 4) is 23.0 Å². The molecule has 0 aliphatic carbocycles. The molecular formula is C16H18O4. The van der Waals surface area contributed by atoms with Gasteiger partial charge in [-0.05, 0) is 5.56 Å². The highest BCUT2D eigenvalue weighted by Gasteiger charge is 2.14. The molecule has 0 saturated heterocycles. The first-order valence-electron chi connectivity index (χ1n) is 6.25. The average Bonchev–Trinajstić information content (AvgIpc) is 2.52. The summed E-state index contributed by atoms with van der Waals surface area (Å²) >= 11 is 0. The summed E-state index contributed by atoms with van der Waals surface area (Å²) in [5, 5.41) is 0. The Hall–Kier alpha value is -2.36. The van der Waals surface area contributed by atoms with Crippen LogP contribution in [0.2, 0.25) is 0 Å². The van der Waals surface area contributed by atoms with Gasteiger partial charge in [-0.15, -0.1) is 0 Å². The van der Waals surface area contributed by atoms with Gasteiger partial charge in [0.2, 0.25) is 5.75 Å². The molecule has 0 saturated carbocycles. The predicted octanol–water partition coefficient (Wildman–Crippen LogP) is 3.29. The van der Waals surface area contributed by atoms with Crippen LogP contribution in [-0.4, -0.2) is 21.3 Å². The fourth-order valence-electron chi connectivity index (χ4n) is 1.87. The van der Waals surface area contributed by atoms with Crippen LogP contribution in [0, 0.1) is 0 Å². The van der Waals surface area contributed by atoms with Gasteiger partial charge in [0.05, 0.1) is 21.3 Å². The molecule has 0 atom stereocenters. The van der Waals surface area contributed by atoms with Crippen molar-refractivity contribution in [2.45, 2.75) is 6.61 Å². The first kappa shape index (κ1) is 14.1. The minimum atomic E-state index is 0.452. The summed E-state index contributed by atoms with van der Waals surface area (Å²) in [7, 11) is 4.76. The minimum absolute atomic E-state index is 0.452. The topological polar surface area (TPSA) is 36.9 Å². The van der Waals surface area contributed by atoms with Crippen molar-refractivity contribution < 1.29 is 18.9 Å². The molecule has 0 amide bonds. The Balaban J connectivity index is 2.25. The molecule has 106 valence electrons. The second-order valence-corrected chi connectivity index (χ2v) is 4.14. The van der Waals surface area contributed by atoms with Crippen molar-refractivity contribution in [3.63, 3.8) is 0 Å². The van der Waals surface area contributed by atoms with E-state index in [0.717, 1.165) is 5.56 Å². The smallest absolute Gasteiger partial charge is 0.203 e. The Kier molecular flexibility index (Phi) is 4.71. The van der Waals surface area contributed by atoms with Gasteiger partial charge in [-0.25, -0.2) is 0 Å². The SMILES string of the molecule is COc1cc(OC)c(OC)c(OCc2ccccc2)c1. The van der Waals surface area contributed by atoms with Crippen molar-refractivity contribution >= 4 is 0 Å². The average molecular weight is 274 g/mol. The lowest BCUT2D eigenvalue weighted by Gasteiger charge is -2.15. The van der Waals surface area contributed by atoms with Crippen LogP contribution >= 0.6 is 0 Å². The van der Waals surface area contributed by atoms with Gasteiger partial charge >= 0.3 is 0 Å². The van der Waals surface area contributed by atoms with Gasteiger partial charge in [0.25, 0.3) is 0 Å². The highest BCUT2D eigenvalue weighted by molar-refractivity contribution is 5.55. The van der Waals surface area contributed by atoms with E-state index in [2.05, 4.69) is 0 Å². The molecule has 20 heavy (non-hydrogen) atoms. The molecule has 2 aromatic rings. The maximum atomic E-state index is 5.81. The number of hydrogen-bond donors (Lipinski definition) is 0. The molecule has 0 aliphatic heterocycles. The normalized spacial score (nSPS) is 9.95.